The molecule has 140 valence electrons. The van der Waals surface area contributed by atoms with Gasteiger partial charge in [0.2, 0.25) is 17.6 Å². The summed E-state index contributed by atoms with van der Waals surface area (Å²) >= 11 is 1.39. The van der Waals surface area contributed by atoms with Crippen LogP contribution >= 0.6 is 11.8 Å². The van der Waals surface area contributed by atoms with Crippen molar-refractivity contribution in [3.63, 3.8) is 0 Å². The first-order valence-corrected chi connectivity index (χ1v) is 10.0. The van der Waals surface area contributed by atoms with E-state index in [1.54, 1.807) is 13.1 Å². The molecule has 7 nitrogen and oxygen atoms in total. The minimum Gasteiger partial charge on any atom is -0.354 e. The molecule has 1 atom stereocenters. The smallest absolute Gasteiger partial charge is 0.230 e. The van der Waals surface area contributed by atoms with Crippen LogP contribution in [0.25, 0.3) is 11.4 Å². The van der Waals surface area contributed by atoms with Crippen LogP contribution in [0, 0.1) is 6.92 Å². The molecule has 26 heavy (non-hydrogen) atoms. The van der Waals surface area contributed by atoms with Gasteiger partial charge in [-0.2, -0.15) is 4.98 Å². The fourth-order valence-corrected chi connectivity index (χ4v) is 3.92. The van der Waals surface area contributed by atoms with Crippen molar-refractivity contribution >= 4 is 17.7 Å². The Balaban J connectivity index is 1.47. The van der Waals surface area contributed by atoms with E-state index in [0.717, 1.165) is 23.7 Å². The lowest BCUT2D eigenvalue weighted by molar-refractivity contribution is -0.118. The number of nitrogens with one attached hydrogen (secondary N) is 1. The van der Waals surface area contributed by atoms with Gasteiger partial charge in [-0.05, 0) is 38.4 Å². The van der Waals surface area contributed by atoms with Crippen LogP contribution in [-0.2, 0) is 4.79 Å². The van der Waals surface area contributed by atoms with Gasteiger partial charge in [-0.25, -0.2) is 4.98 Å². The zero-order valence-corrected chi connectivity index (χ0v) is 16.1. The number of thioether (sulfide) groups is 1. The normalized spacial score (nSPS) is 18.0. The Kier molecular flexibility index (Phi) is 6.62. The molecule has 0 spiro atoms. The lowest BCUT2D eigenvalue weighted by Crippen LogP contribution is -2.42. The standard InChI is InChI=1S/C18H25N5O2S/c1-13-6-3-4-10-23(13)11-9-19-16(24)12-26-18-15(7-5-8-20-18)17-21-14(2)25-22-17/h5,7-8,13H,3-4,6,9-12H2,1-2H3,(H,19,24)/t13-/m1/s1. The Labute approximate surface area is 157 Å². The molecule has 0 aliphatic carbocycles. The van der Waals surface area contributed by atoms with Gasteiger partial charge in [0.15, 0.2) is 0 Å². The van der Waals surface area contributed by atoms with Crippen LogP contribution in [-0.4, -0.2) is 57.4 Å². The van der Waals surface area contributed by atoms with E-state index in [1.807, 2.05) is 12.1 Å². The number of aryl methyl sites for hydroxylation is 1. The number of nitrogens with zero attached hydrogens (tertiary/aromatic N) is 4. The van der Waals surface area contributed by atoms with E-state index in [0.29, 0.717) is 30.1 Å². The lowest BCUT2D eigenvalue weighted by Gasteiger charge is -2.33. The molecule has 0 radical (unpaired) electrons. The molecule has 1 amide bonds. The highest BCUT2D eigenvalue weighted by Gasteiger charge is 2.18. The van der Waals surface area contributed by atoms with Gasteiger partial charge in [0, 0.05) is 32.3 Å². The van der Waals surface area contributed by atoms with Crippen molar-refractivity contribution in [2.24, 2.45) is 0 Å². The van der Waals surface area contributed by atoms with Gasteiger partial charge >= 0.3 is 0 Å². The average molecular weight is 375 g/mol. The maximum Gasteiger partial charge on any atom is 0.230 e. The summed E-state index contributed by atoms with van der Waals surface area (Å²) in [5.74, 6) is 1.33. The van der Waals surface area contributed by atoms with Crippen molar-refractivity contribution in [2.75, 3.05) is 25.4 Å². The van der Waals surface area contributed by atoms with E-state index in [1.165, 1.54) is 31.0 Å². The second-order valence-corrected chi connectivity index (χ2v) is 7.48. The van der Waals surface area contributed by atoms with Crippen LogP contribution in [0.3, 0.4) is 0 Å². The topological polar surface area (TPSA) is 84.2 Å². The van der Waals surface area contributed by atoms with Crippen LogP contribution in [0.4, 0.5) is 0 Å². The van der Waals surface area contributed by atoms with Crippen molar-refractivity contribution in [2.45, 2.75) is 44.2 Å². The number of hydrogen-bond acceptors (Lipinski definition) is 7. The molecule has 1 aliphatic rings. The number of likely N-dealkylation sites (tertiary alicyclic amines) is 1. The highest BCUT2D eigenvalue weighted by atomic mass is 32.2. The van der Waals surface area contributed by atoms with Gasteiger partial charge in [-0.3, -0.25) is 9.69 Å². The van der Waals surface area contributed by atoms with Crippen molar-refractivity contribution < 1.29 is 9.32 Å². The number of pyridine rings is 1. The molecule has 3 rings (SSSR count). The molecule has 1 saturated heterocycles. The first-order valence-electron chi connectivity index (χ1n) is 9.02. The average Bonchev–Trinajstić information content (AvgIpc) is 3.08. The summed E-state index contributed by atoms with van der Waals surface area (Å²) in [5.41, 5.74) is 0.782. The summed E-state index contributed by atoms with van der Waals surface area (Å²) in [6.45, 7) is 6.74. The molecule has 3 heterocycles. The maximum absolute atomic E-state index is 12.2. The Morgan fingerprint density at radius 2 is 2.35 bits per heavy atom. The highest BCUT2D eigenvalue weighted by molar-refractivity contribution is 8.00. The molecule has 0 unspecified atom stereocenters. The molecular weight excluding hydrogens is 350 g/mol. The minimum atomic E-state index is 0.0144. The second-order valence-electron chi connectivity index (χ2n) is 6.51. The number of rotatable bonds is 7. The second kappa shape index (κ2) is 9.14. The maximum atomic E-state index is 12.2. The first kappa shape index (κ1) is 18.8. The van der Waals surface area contributed by atoms with Crippen molar-refractivity contribution in [1.29, 1.82) is 0 Å². The largest absolute Gasteiger partial charge is 0.354 e. The molecule has 8 heteroatoms. The summed E-state index contributed by atoms with van der Waals surface area (Å²) in [6.07, 6.45) is 5.52. The third-order valence-electron chi connectivity index (χ3n) is 4.54. The lowest BCUT2D eigenvalue weighted by atomic mass is 10.0. The first-order chi connectivity index (χ1) is 12.6. The molecule has 2 aromatic heterocycles. The van der Waals surface area contributed by atoms with E-state index in [-0.39, 0.29) is 5.91 Å². The Hall–Kier alpha value is -1.93. The summed E-state index contributed by atoms with van der Waals surface area (Å²) in [7, 11) is 0. The number of piperidine rings is 1. The summed E-state index contributed by atoms with van der Waals surface area (Å²) < 4.78 is 5.04. The molecule has 0 bridgehead atoms. The number of amides is 1. The summed E-state index contributed by atoms with van der Waals surface area (Å²) in [6, 6.07) is 4.32. The van der Waals surface area contributed by atoms with Gasteiger partial charge in [0.05, 0.1) is 11.3 Å². The molecule has 0 aromatic carbocycles. The van der Waals surface area contributed by atoms with Crippen LogP contribution in [0.5, 0.6) is 0 Å². The third-order valence-corrected chi connectivity index (χ3v) is 5.55. The number of carbonyl (C=O) groups is 1. The van der Waals surface area contributed by atoms with Crippen molar-refractivity contribution in [1.82, 2.24) is 25.3 Å². The predicted molar refractivity (Wildman–Crippen MR) is 101 cm³/mol. The highest BCUT2D eigenvalue weighted by Crippen LogP contribution is 2.27. The van der Waals surface area contributed by atoms with Gasteiger partial charge in [-0.1, -0.05) is 23.3 Å². The summed E-state index contributed by atoms with van der Waals surface area (Å²) in [5, 5.41) is 7.67. The molecule has 2 aromatic rings. The SMILES string of the molecule is Cc1nc(-c2cccnc2SCC(=O)NCCN2CCCC[C@H]2C)no1. The Morgan fingerprint density at radius 3 is 3.12 bits per heavy atom. The number of hydrogen-bond donors (Lipinski definition) is 1. The quantitative estimate of drug-likeness (QED) is 0.744. The van der Waals surface area contributed by atoms with Crippen LogP contribution in [0.1, 0.15) is 32.1 Å². The van der Waals surface area contributed by atoms with Crippen LogP contribution in [0.15, 0.2) is 27.9 Å². The van der Waals surface area contributed by atoms with E-state index < -0.39 is 0 Å². The Morgan fingerprint density at radius 1 is 1.46 bits per heavy atom. The predicted octanol–water partition coefficient (Wildman–Crippen LogP) is 2.52. The molecule has 0 saturated carbocycles. The molecule has 1 fully saturated rings. The third kappa shape index (κ3) is 5.04. The van der Waals surface area contributed by atoms with Gasteiger partial charge in [-0.15, -0.1) is 0 Å². The zero-order valence-electron chi connectivity index (χ0n) is 15.3. The summed E-state index contributed by atoms with van der Waals surface area (Å²) in [4.78, 5) is 23.2. The van der Waals surface area contributed by atoms with E-state index in [9.17, 15) is 4.79 Å². The monoisotopic (exact) mass is 375 g/mol. The number of carbonyl (C=O) groups excluding carboxylic acids is 1. The van der Waals surface area contributed by atoms with Gasteiger partial charge in [0.25, 0.3) is 0 Å². The zero-order chi connectivity index (χ0) is 18.4. The van der Waals surface area contributed by atoms with Crippen molar-refractivity contribution in [3.05, 3.63) is 24.2 Å². The van der Waals surface area contributed by atoms with E-state index >= 15 is 0 Å². The fourth-order valence-electron chi connectivity index (χ4n) is 3.10. The van der Waals surface area contributed by atoms with Gasteiger partial charge in [0.1, 0.15) is 5.03 Å². The molecular formula is C18H25N5O2S. The fraction of sp³-hybridized carbons (Fsp3) is 0.556. The molecule has 1 N–H and O–H groups in total. The van der Waals surface area contributed by atoms with Crippen LogP contribution in [0.2, 0.25) is 0 Å². The van der Waals surface area contributed by atoms with Crippen LogP contribution < -0.4 is 5.32 Å². The Bertz CT molecular complexity index is 736. The number of aromatic nitrogens is 3. The van der Waals surface area contributed by atoms with E-state index in [2.05, 4.69) is 32.3 Å². The molecule has 1 aliphatic heterocycles. The van der Waals surface area contributed by atoms with Gasteiger partial charge < -0.3 is 9.84 Å². The van der Waals surface area contributed by atoms with Crippen molar-refractivity contribution in [3.8, 4) is 11.4 Å². The van der Waals surface area contributed by atoms with E-state index in [4.69, 9.17) is 4.52 Å². The minimum absolute atomic E-state index is 0.0144.